The van der Waals surface area contributed by atoms with Gasteiger partial charge >= 0.3 is 8.24 Å². The quantitative estimate of drug-likeness (QED) is 0.205. The Morgan fingerprint density at radius 3 is 1.55 bits per heavy atom. The van der Waals surface area contributed by atoms with Crippen LogP contribution in [0, 0.1) is 27.7 Å². The fraction of sp³-hybridized carbons (Fsp3) is 0.273. The summed E-state index contributed by atoms with van der Waals surface area (Å²) in [5.74, 6) is 0.0869. The van der Waals surface area contributed by atoms with Crippen molar-refractivity contribution in [3.63, 3.8) is 0 Å². The van der Waals surface area contributed by atoms with Gasteiger partial charge in [-0.25, -0.2) is 0 Å². The summed E-state index contributed by atoms with van der Waals surface area (Å²) in [6, 6.07) is 24.9. The fourth-order valence-electron chi connectivity index (χ4n) is 5.98. The minimum absolute atomic E-state index is 0.0435. The second-order valence-corrected chi connectivity index (χ2v) is 14.3. The van der Waals surface area contributed by atoms with Crippen LogP contribution in [0.1, 0.15) is 57.5 Å². The molecule has 0 amide bonds. The van der Waals surface area contributed by atoms with Crippen molar-refractivity contribution >= 4 is 38.1 Å². The number of hydrogen-bond donors (Lipinski definition) is 2. The largest absolute Gasteiger partial charge is 0.504 e. The molecule has 40 heavy (non-hydrogen) atoms. The van der Waals surface area contributed by atoms with E-state index in [0.29, 0.717) is 28.8 Å². The number of benzene rings is 4. The van der Waals surface area contributed by atoms with E-state index < -0.39 is 16.2 Å². The maximum absolute atomic E-state index is 11.0. The Morgan fingerprint density at radius 1 is 0.700 bits per heavy atom. The van der Waals surface area contributed by atoms with Gasteiger partial charge in [-0.2, -0.15) is 0 Å². The van der Waals surface area contributed by atoms with E-state index in [0.717, 1.165) is 45.9 Å². The van der Waals surface area contributed by atoms with Crippen molar-refractivity contribution in [3.05, 3.63) is 106 Å². The molecule has 2 heterocycles. The van der Waals surface area contributed by atoms with E-state index in [1.54, 1.807) is 12.1 Å². The number of rotatable bonds is 5. The number of fused-ring (bicyclic) bond motifs is 3. The molecule has 0 aliphatic carbocycles. The molecule has 0 radical (unpaired) electrons. The lowest BCUT2D eigenvalue weighted by Gasteiger charge is -2.25. The summed E-state index contributed by atoms with van der Waals surface area (Å²) >= 11 is 0. The molecule has 5 nitrogen and oxygen atoms in total. The van der Waals surface area contributed by atoms with E-state index in [-0.39, 0.29) is 11.5 Å². The van der Waals surface area contributed by atoms with Crippen LogP contribution in [-0.4, -0.2) is 16.6 Å². The standard InChI is InChI=1S/C33H34O5P2/c1-20-17-26(34)32-30(22(20)3)31-23(4)21(2)18-27(35)33(31)38-40(37-32)36-19-39-28(24-11-7-5-8-12-24)15-16-29(39)25-13-9-6-10-14-25/h5-14,17-18,28-29,34-35H,15-16,19H2,1-4H3/t28-,29-/m1/s1. The molecular weight excluding hydrogens is 538 g/mol. The highest BCUT2D eigenvalue weighted by atomic mass is 31.1. The van der Waals surface area contributed by atoms with Crippen LogP contribution < -0.4 is 4.52 Å². The molecule has 1 aliphatic heterocycles. The molecule has 1 aliphatic rings. The van der Waals surface area contributed by atoms with Crippen LogP contribution in [0.3, 0.4) is 0 Å². The first-order valence-electron chi connectivity index (χ1n) is 13.6. The highest BCUT2D eigenvalue weighted by Gasteiger charge is 2.38. The summed E-state index contributed by atoms with van der Waals surface area (Å²) < 4.78 is 19.3. The number of aryl methyl sites for hydroxylation is 4. The molecule has 7 heteroatoms. The highest BCUT2D eigenvalue weighted by Crippen LogP contribution is 2.70. The molecule has 1 saturated heterocycles. The number of hydrogen-bond acceptors (Lipinski definition) is 5. The zero-order chi connectivity index (χ0) is 28.0. The van der Waals surface area contributed by atoms with Gasteiger partial charge in [-0.1, -0.05) is 68.6 Å². The van der Waals surface area contributed by atoms with Gasteiger partial charge in [0.2, 0.25) is 0 Å². The first-order chi connectivity index (χ1) is 19.3. The van der Waals surface area contributed by atoms with Crippen LogP contribution in [0.5, 0.6) is 11.5 Å². The van der Waals surface area contributed by atoms with Gasteiger partial charge in [-0.15, -0.1) is 0 Å². The third-order valence-corrected chi connectivity index (χ3v) is 12.7. The summed E-state index contributed by atoms with van der Waals surface area (Å²) in [7, 11) is -2.57. The minimum Gasteiger partial charge on any atom is -0.504 e. The number of aromatic hydroxyl groups is 2. The third-order valence-electron chi connectivity index (χ3n) is 8.34. The van der Waals surface area contributed by atoms with Crippen LogP contribution in [0.25, 0.3) is 21.9 Å². The van der Waals surface area contributed by atoms with Crippen molar-refractivity contribution in [2.45, 2.75) is 51.9 Å². The topological polar surface area (TPSA) is 76.0 Å². The van der Waals surface area contributed by atoms with Crippen LogP contribution in [-0.2, 0) is 0 Å². The van der Waals surface area contributed by atoms with E-state index in [4.69, 9.17) is 12.9 Å². The third kappa shape index (κ3) is 4.81. The predicted molar refractivity (Wildman–Crippen MR) is 165 cm³/mol. The maximum Gasteiger partial charge on any atom is 0.388 e. The Hall–Kier alpha value is -3.23. The molecule has 0 unspecified atom stereocenters. The Bertz CT molecular complexity index is 1610. The van der Waals surface area contributed by atoms with Crippen LogP contribution in [0.4, 0.5) is 0 Å². The average molecular weight is 573 g/mol. The minimum atomic E-state index is -1.94. The van der Waals surface area contributed by atoms with Gasteiger partial charge in [0.1, 0.15) is 0 Å². The van der Waals surface area contributed by atoms with Gasteiger partial charge in [0.15, 0.2) is 22.7 Å². The Kier molecular flexibility index (Phi) is 7.40. The molecule has 2 N–H and O–H groups in total. The van der Waals surface area contributed by atoms with Crippen molar-refractivity contribution < 1.29 is 23.1 Å². The molecule has 1 fully saturated rings. The summed E-state index contributed by atoms with van der Waals surface area (Å²) in [6.45, 7) is 7.93. The second kappa shape index (κ2) is 11.0. The summed E-state index contributed by atoms with van der Waals surface area (Å²) in [6.07, 6.45) is 2.69. The Labute approximate surface area is 236 Å². The van der Waals surface area contributed by atoms with E-state index in [1.807, 2.05) is 27.7 Å². The molecule has 206 valence electrons. The Morgan fingerprint density at radius 2 is 1.12 bits per heavy atom. The highest BCUT2D eigenvalue weighted by molar-refractivity contribution is 7.59. The van der Waals surface area contributed by atoms with Crippen LogP contribution in [0.2, 0.25) is 0 Å². The normalized spacial score (nSPS) is 17.6. The number of phenolic OH excluding ortho intramolecular Hbond substituents is 2. The SMILES string of the molecule is Cc1cc(O)c2op(OCP3[C@@H](c4ccccc4)CC[C@@H]3c3ccccc3)oc3c(O)cc(C)c(C)c3c2c1C. The van der Waals surface area contributed by atoms with Gasteiger partial charge in [-0.3, -0.25) is 4.52 Å². The van der Waals surface area contributed by atoms with Crippen molar-refractivity contribution in [1.82, 2.24) is 0 Å². The van der Waals surface area contributed by atoms with Gasteiger partial charge in [0, 0.05) is 22.1 Å². The van der Waals surface area contributed by atoms with Crippen molar-refractivity contribution in [2.75, 3.05) is 6.35 Å². The molecule has 1 aromatic heterocycles. The number of phenols is 2. The molecule has 6 rings (SSSR count). The van der Waals surface area contributed by atoms with Gasteiger partial charge in [0.25, 0.3) is 0 Å². The second-order valence-electron chi connectivity index (χ2n) is 10.7. The van der Waals surface area contributed by atoms with Gasteiger partial charge in [-0.05, 0) is 86.1 Å². The van der Waals surface area contributed by atoms with E-state index >= 15 is 0 Å². The summed E-state index contributed by atoms with van der Waals surface area (Å²) in [5, 5.41) is 23.6. The Balaban J connectivity index is 1.48. The lowest BCUT2D eigenvalue weighted by atomic mass is 9.96. The molecule has 5 aromatic rings. The molecule has 0 saturated carbocycles. The first-order valence-corrected chi connectivity index (χ1v) is 16.4. The molecule has 0 bridgehead atoms. The van der Waals surface area contributed by atoms with Crippen molar-refractivity contribution in [1.29, 1.82) is 0 Å². The molecular formula is C33H34O5P2. The first kappa shape index (κ1) is 27.0. The molecule has 2 atom stereocenters. The van der Waals surface area contributed by atoms with E-state index in [9.17, 15) is 10.2 Å². The lowest BCUT2D eigenvalue weighted by molar-refractivity contribution is 0.419. The summed E-state index contributed by atoms with van der Waals surface area (Å²) in [4.78, 5) is 0. The van der Waals surface area contributed by atoms with E-state index in [1.165, 1.54) is 11.1 Å². The lowest BCUT2D eigenvalue weighted by Crippen LogP contribution is -2.02. The smallest absolute Gasteiger partial charge is 0.388 e. The summed E-state index contributed by atoms with van der Waals surface area (Å²) in [5.41, 5.74) is 7.99. The maximum atomic E-state index is 11.0. The van der Waals surface area contributed by atoms with Gasteiger partial charge in [0.05, 0.1) is 6.35 Å². The van der Waals surface area contributed by atoms with Gasteiger partial charge < -0.3 is 18.6 Å². The molecule has 0 spiro atoms. The van der Waals surface area contributed by atoms with Crippen molar-refractivity contribution in [2.24, 2.45) is 0 Å². The van der Waals surface area contributed by atoms with Crippen LogP contribution in [0.15, 0.2) is 81.2 Å². The predicted octanol–water partition coefficient (Wildman–Crippen LogP) is 10.1. The van der Waals surface area contributed by atoms with E-state index in [2.05, 4.69) is 60.7 Å². The fourth-order valence-corrected chi connectivity index (χ4v) is 10.6. The van der Waals surface area contributed by atoms with Crippen molar-refractivity contribution in [3.8, 4) is 11.5 Å². The molecule has 4 aromatic carbocycles. The monoisotopic (exact) mass is 572 g/mol. The van der Waals surface area contributed by atoms with Crippen LogP contribution >= 0.6 is 16.2 Å². The zero-order valence-corrected chi connectivity index (χ0v) is 25.0. The average Bonchev–Trinajstić information content (AvgIpc) is 3.30. The zero-order valence-electron chi connectivity index (χ0n) is 23.2.